The Morgan fingerprint density at radius 2 is 1.91 bits per heavy atom. The minimum atomic E-state index is -0.636. The summed E-state index contributed by atoms with van der Waals surface area (Å²) in [4.78, 5) is 29.9. The van der Waals surface area contributed by atoms with Crippen molar-refractivity contribution in [1.29, 1.82) is 0 Å². The predicted molar refractivity (Wildman–Crippen MR) is 136 cm³/mol. The monoisotopic (exact) mass is 541 g/mol. The van der Waals surface area contributed by atoms with E-state index in [-0.39, 0.29) is 17.1 Å². The van der Waals surface area contributed by atoms with Gasteiger partial charge in [0.05, 0.1) is 17.0 Å². The highest BCUT2D eigenvalue weighted by Crippen LogP contribution is 2.42. The lowest BCUT2D eigenvalue weighted by atomic mass is 9.99. The van der Waals surface area contributed by atoms with Gasteiger partial charge in [-0.05, 0) is 48.1 Å². The first-order valence-corrected chi connectivity index (χ1v) is 13.3. The molecule has 1 unspecified atom stereocenters. The van der Waals surface area contributed by atoms with Crippen molar-refractivity contribution in [2.24, 2.45) is 5.92 Å². The number of anilines is 1. The maximum Gasteiger partial charge on any atom is 0.297 e. The van der Waals surface area contributed by atoms with Crippen molar-refractivity contribution in [1.82, 2.24) is 10.2 Å². The number of fused-ring (bicyclic) bond motifs is 2. The quantitative estimate of drug-likeness (QED) is 0.285. The van der Waals surface area contributed by atoms with Crippen molar-refractivity contribution in [2.75, 3.05) is 11.2 Å². The number of aromatic nitrogens is 2. The van der Waals surface area contributed by atoms with E-state index in [0.29, 0.717) is 27.6 Å². The Bertz CT molecular complexity index is 1430. The van der Waals surface area contributed by atoms with E-state index >= 15 is 0 Å². The molecular weight excluding hydrogens is 522 g/mol. The van der Waals surface area contributed by atoms with Gasteiger partial charge in [0.25, 0.3) is 5.91 Å². The lowest BCUT2D eigenvalue weighted by Gasteiger charge is -2.22. The number of hydrogen-bond acceptors (Lipinski definition) is 7. The number of carbonyl (C=O) groups excluding carboxylic acids is 1. The van der Waals surface area contributed by atoms with Crippen LogP contribution >= 0.6 is 39.0 Å². The van der Waals surface area contributed by atoms with Gasteiger partial charge in [0.2, 0.25) is 10.9 Å². The summed E-state index contributed by atoms with van der Waals surface area (Å²) >= 11 is 6.44. The zero-order chi connectivity index (χ0) is 23.3. The summed E-state index contributed by atoms with van der Waals surface area (Å²) in [5.41, 5.74) is 1.32. The molecule has 0 spiro atoms. The van der Waals surface area contributed by atoms with E-state index in [0.717, 1.165) is 26.4 Å². The molecule has 0 aliphatic carbocycles. The van der Waals surface area contributed by atoms with Gasteiger partial charge in [-0.15, -0.1) is 22.0 Å². The van der Waals surface area contributed by atoms with E-state index in [2.05, 4.69) is 40.0 Å². The van der Waals surface area contributed by atoms with Crippen LogP contribution in [0.1, 0.15) is 46.6 Å². The van der Waals surface area contributed by atoms with Gasteiger partial charge in [0.15, 0.2) is 5.43 Å². The molecule has 1 aliphatic heterocycles. The first-order valence-electron chi connectivity index (χ1n) is 10.4. The lowest BCUT2D eigenvalue weighted by molar-refractivity contribution is 0.0970. The van der Waals surface area contributed by atoms with E-state index in [1.165, 1.54) is 11.3 Å². The van der Waals surface area contributed by atoms with E-state index < -0.39 is 6.04 Å². The highest BCUT2D eigenvalue weighted by molar-refractivity contribution is 9.10. The Morgan fingerprint density at radius 3 is 2.61 bits per heavy atom. The van der Waals surface area contributed by atoms with Crippen LogP contribution in [0, 0.1) is 5.92 Å². The minimum absolute atomic E-state index is 0.0642. The molecule has 0 saturated carbocycles. The molecule has 0 radical (unpaired) electrons. The summed E-state index contributed by atoms with van der Waals surface area (Å²) in [7, 11) is 0. The molecule has 0 bridgehead atoms. The first kappa shape index (κ1) is 22.3. The number of hydrogen-bond donors (Lipinski definition) is 0. The number of nitrogens with zero attached hydrogens (tertiary/aromatic N) is 3. The molecule has 3 heterocycles. The van der Waals surface area contributed by atoms with Gasteiger partial charge in [-0.1, -0.05) is 53.2 Å². The summed E-state index contributed by atoms with van der Waals surface area (Å²) in [6, 6.07) is 12.5. The van der Waals surface area contributed by atoms with Crippen molar-refractivity contribution in [2.45, 2.75) is 31.2 Å². The molecule has 2 aromatic heterocycles. The van der Waals surface area contributed by atoms with Crippen LogP contribution in [0.2, 0.25) is 0 Å². The summed E-state index contributed by atoms with van der Waals surface area (Å²) in [5, 5.41) is 10.4. The molecule has 4 aromatic rings. The number of thioether (sulfide) groups is 1. The van der Waals surface area contributed by atoms with Gasteiger partial charge in [0, 0.05) is 15.8 Å². The number of carbonyl (C=O) groups is 1. The normalized spacial score (nSPS) is 15.6. The molecule has 9 heteroatoms. The Kier molecular flexibility index (Phi) is 5.88. The Balaban J connectivity index is 1.73. The van der Waals surface area contributed by atoms with Crippen LogP contribution in [-0.4, -0.2) is 22.4 Å². The average molecular weight is 542 g/mol. The van der Waals surface area contributed by atoms with Crippen LogP contribution in [0.25, 0.3) is 11.0 Å². The van der Waals surface area contributed by atoms with Crippen LogP contribution in [0.4, 0.5) is 5.13 Å². The first-order chi connectivity index (χ1) is 15.9. The number of rotatable bonds is 5. The molecule has 0 saturated heterocycles. The average Bonchev–Trinajstić information content (AvgIpc) is 3.36. The van der Waals surface area contributed by atoms with Crippen molar-refractivity contribution in [3.8, 4) is 0 Å². The van der Waals surface area contributed by atoms with Gasteiger partial charge in [0.1, 0.15) is 10.6 Å². The molecule has 33 heavy (non-hydrogen) atoms. The fourth-order valence-corrected chi connectivity index (χ4v) is 5.86. The summed E-state index contributed by atoms with van der Waals surface area (Å²) in [5.74, 6) is 0.103. The molecule has 1 atom stereocenters. The molecule has 0 fully saturated rings. The molecule has 2 aromatic carbocycles. The topological polar surface area (TPSA) is 76.3 Å². The van der Waals surface area contributed by atoms with Crippen molar-refractivity contribution < 1.29 is 9.21 Å². The molecule has 1 aliphatic rings. The third kappa shape index (κ3) is 3.92. The van der Waals surface area contributed by atoms with E-state index in [1.807, 2.05) is 30.5 Å². The smallest absolute Gasteiger partial charge is 0.297 e. The second-order valence-electron chi connectivity index (χ2n) is 8.24. The van der Waals surface area contributed by atoms with E-state index in [4.69, 9.17) is 4.42 Å². The number of amides is 1. The zero-order valence-corrected chi connectivity index (χ0v) is 21.4. The highest BCUT2D eigenvalue weighted by Gasteiger charge is 2.45. The molecule has 168 valence electrons. The Labute approximate surface area is 207 Å². The predicted octanol–water partition coefficient (Wildman–Crippen LogP) is 6.08. The number of halogens is 1. The standard InChI is InChI=1S/C24H20BrN3O3S2/c1-12(2)10-18-26-27-24(33-18)28-20(13-4-7-15(32-3)8-5-13)19-21(29)16-11-14(25)6-9-17(16)31-22(19)23(28)30/h4-9,11-12,20H,10H2,1-3H3. The fraction of sp³-hybridized carbons (Fsp3) is 0.250. The van der Waals surface area contributed by atoms with Gasteiger partial charge in [-0.3, -0.25) is 14.5 Å². The zero-order valence-electron chi connectivity index (χ0n) is 18.2. The van der Waals surface area contributed by atoms with Crippen molar-refractivity contribution in [3.63, 3.8) is 0 Å². The maximum atomic E-state index is 13.7. The van der Waals surface area contributed by atoms with Crippen molar-refractivity contribution in [3.05, 3.63) is 79.1 Å². The summed E-state index contributed by atoms with van der Waals surface area (Å²) < 4.78 is 6.78. The van der Waals surface area contributed by atoms with Gasteiger partial charge in [-0.25, -0.2) is 0 Å². The molecular formula is C24H20BrN3O3S2. The molecule has 1 amide bonds. The SMILES string of the molecule is CSc1ccc(C2c3c(oc4ccc(Br)cc4c3=O)C(=O)N2c2nnc(CC(C)C)s2)cc1. The summed E-state index contributed by atoms with van der Waals surface area (Å²) in [6.45, 7) is 4.22. The lowest BCUT2D eigenvalue weighted by Crippen LogP contribution is -2.29. The maximum absolute atomic E-state index is 13.7. The van der Waals surface area contributed by atoms with Gasteiger partial charge in [-0.2, -0.15) is 0 Å². The second-order valence-corrected chi connectivity index (χ2v) is 11.1. The van der Waals surface area contributed by atoms with Crippen LogP contribution in [0.15, 0.2) is 61.0 Å². The molecule has 6 nitrogen and oxygen atoms in total. The van der Waals surface area contributed by atoms with Gasteiger partial charge < -0.3 is 4.42 Å². The van der Waals surface area contributed by atoms with Gasteiger partial charge >= 0.3 is 0 Å². The Morgan fingerprint density at radius 1 is 1.15 bits per heavy atom. The highest BCUT2D eigenvalue weighted by atomic mass is 79.9. The third-order valence-electron chi connectivity index (χ3n) is 5.51. The second kappa shape index (κ2) is 8.70. The third-order valence-corrected chi connectivity index (χ3v) is 7.69. The minimum Gasteiger partial charge on any atom is -0.450 e. The summed E-state index contributed by atoms with van der Waals surface area (Å²) in [6.07, 6.45) is 2.78. The Hall–Kier alpha value is -2.49. The largest absolute Gasteiger partial charge is 0.450 e. The van der Waals surface area contributed by atoms with E-state index in [9.17, 15) is 9.59 Å². The van der Waals surface area contributed by atoms with Crippen LogP contribution in [-0.2, 0) is 6.42 Å². The van der Waals surface area contributed by atoms with Crippen molar-refractivity contribution >= 4 is 61.0 Å². The van der Waals surface area contributed by atoms with Crippen LogP contribution in [0.3, 0.4) is 0 Å². The molecule has 5 rings (SSSR count). The fourth-order valence-electron chi connectivity index (χ4n) is 4.02. The molecule has 0 N–H and O–H groups in total. The van der Waals surface area contributed by atoms with Crippen LogP contribution in [0.5, 0.6) is 0 Å². The van der Waals surface area contributed by atoms with Crippen LogP contribution < -0.4 is 10.3 Å². The van der Waals surface area contributed by atoms with E-state index in [1.54, 1.807) is 34.9 Å². The number of benzene rings is 2.